The summed E-state index contributed by atoms with van der Waals surface area (Å²) >= 11 is 0. The fourth-order valence-electron chi connectivity index (χ4n) is 1.27. The molecule has 1 rings (SSSR count). The van der Waals surface area contributed by atoms with Crippen LogP contribution in [0, 0.1) is 5.82 Å². The molecule has 0 aromatic heterocycles. The summed E-state index contributed by atoms with van der Waals surface area (Å²) in [7, 11) is 0. The molecule has 18 heavy (non-hydrogen) atoms. The molecule has 0 aliphatic heterocycles. The fraction of sp³-hybridized carbons (Fsp3) is 0.286. The fourth-order valence-corrected chi connectivity index (χ4v) is 1.27. The van der Waals surface area contributed by atoms with Gasteiger partial charge in [0.2, 0.25) is 0 Å². The molecule has 0 aliphatic rings. The van der Waals surface area contributed by atoms with E-state index < -0.39 is 11.8 Å². The number of hydrogen-bond donors (Lipinski definition) is 0. The number of rotatable bonds is 6. The van der Waals surface area contributed by atoms with Crippen molar-refractivity contribution in [1.82, 2.24) is 0 Å². The van der Waals surface area contributed by atoms with Crippen LogP contribution >= 0.6 is 0 Å². The Hall–Kier alpha value is -1.97. The first-order valence-corrected chi connectivity index (χ1v) is 5.58. The second-order valence-corrected chi connectivity index (χ2v) is 4.05. The van der Waals surface area contributed by atoms with E-state index in [4.69, 9.17) is 4.74 Å². The average Bonchev–Trinajstić information content (AvgIpc) is 2.34. The zero-order chi connectivity index (χ0) is 13.5. The highest BCUT2D eigenvalue weighted by Crippen LogP contribution is 2.08. The van der Waals surface area contributed by atoms with Crippen molar-refractivity contribution in [3.63, 3.8) is 0 Å². The smallest absolute Gasteiger partial charge is 0.306 e. The molecule has 0 bridgehead atoms. The van der Waals surface area contributed by atoms with Crippen LogP contribution in [0.4, 0.5) is 4.39 Å². The maximum Gasteiger partial charge on any atom is 0.306 e. The van der Waals surface area contributed by atoms with Crippen LogP contribution in [-0.4, -0.2) is 18.4 Å². The van der Waals surface area contributed by atoms with Crippen LogP contribution in [-0.2, 0) is 9.53 Å². The molecule has 0 heterocycles. The van der Waals surface area contributed by atoms with Crippen LogP contribution in [0.1, 0.15) is 30.1 Å². The number of ether oxygens (including phenoxy) is 1. The highest BCUT2D eigenvalue weighted by molar-refractivity contribution is 5.97. The average molecular weight is 250 g/mol. The van der Waals surface area contributed by atoms with Crippen LogP contribution < -0.4 is 0 Å². The van der Waals surface area contributed by atoms with E-state index in [0.29, 0.717) is 5.56 Å². The van der Waals surface area contributed by atoms with Crippen molar-refractivity contribution in [2.24, 2.45) is 0 Å². The van der Waals surface area contributed by atoms with Gasteiger partial charge in [-0.3, -0.25) is 9.59 Å². The number of halogens is 1. The predicted molar refractivity (Wildman–Crippen MR) is 65.7 cm³/mol. The van der Waals surface area contributed by atoms with Crippen molar-refractivity contribution in [3.05, 3.63) is 47.8 Å². The monoisotopic (exact) mass is 250 g/mol. The van der Waals surface area contributed by atoms with Gasteiger partial charge in [-0.05, 0) is 36.8 Å². The summed E-state index contributed by atoms with van der Waals surface area (Å²) in [6, 6.07) is 5.23. The summed E-state index contributed by atoms with van der Waals surface area (Å²) in [5.74, 6) is -1.04. The molecule has 0 aliphatic carbocycles. The number of carbonyl (C=O) groups excluding carboxylic acids is 2. The lowest BCUT2D eigenvalue weighted by Crippen LogP contribution is -2.09. The van der Waals surface area contributed by atoms with Crippen molar-refractivity contribution in [2.75, 3.05) is 6.61 Å². The SMILES string of the molecule is C=C(C)COC(=O)CCC(=O)c1ccc(F)cc1. The van der Waals surface area contributed by atoms with Crippen molar-refractivity contribution >= 4 is 11.8 Å². The topological polar surface area (TPSA) is 43.4 Å². The lowest BCUT2D eigenvalue weighted by Gasteiger charge is -2.04. The van der Waals surface area contributed by atoms with E-state index in [0.717, 1.165) is 5.57 Å². The molecule has 96 valence electrons. The molecule has 0 spiro atoms. The lowest BCUT2D eigenvalue weighted by molar-refractivity contribution is -0.142. The third-order valence-corrected chi connectivity index (χ3v) is 2.20. The Morgan fingerprint density at radius 1 is 1.22 bits per heavy atom. The molecule has 3 nitrogen and oxygen atoms in total. The van der Waals surface area contributed by atoms with Crippen LogP contribution in [0.3, 0.4) is 0 Å². The largest absolute Gasteiger partial charge is 0.461 e. The second-order valence-electron chi connectivity index (χ2n) is 4.05. The molecule has 0 radical (unpaired) electrons. The molecule has 0 atom stereocenters. The molecular weight excluding hydrogens is 235 g/mol. The van der Waals surface area contributed by atoms with Crippen LogP contribution in [0.15, 0.2) is 36.4 Å². The minimum Gasteiger partial charge on any atom is -0.461 e. The Morgan fingerprint density at radius 3 is 2.39 bits per heavy atom. The highest BCUT2D eigenvalue weighted by Gasteiger charge is 2.10. The second kappa shape index (κ2) is 6.69. The minimum absolute atomic E-state index is 0.0174. The van der Waals surface area contributed by atoms with E-state index in [1.807, 2.05) is 0 Å². The lowest BCUT2D eigenvalue weighted by atomic mass is 10.1. The number of hydrogen-bond acceptors (Lipinski definition) is 3. The maximum absolute atomic E-state index is 12.6. The van der Waals surface area contributed by atoms with E-state index in [9.17, 15) is 14.0 Å². The Labute approximate surface area is 105 Å². The van der Waals surface area contributed by atoms with Crippen LogP contribution in [0.2, 0.25) is 0 Å². The Kier molecular flexibility index (Phi) is 5.24. The molecular formula is C14H15FO3. The number of esters is 1. The first-order chi connectivity index (χ1) is 8.49. The van der Waals surface area contributed by atoms with E-state index in [-0.39, 0.29) is 25.2 Å². The predicted octanol–water partition coefficient (Wildman–Crippen LogP) is 2.91. The molecule has 4 heteroatoms. The van der Waals surface area contributed by atoms with Gasteiger partial charge in [0.15, 0.2) is 5.78 Å². The molecule has 0 saturated heterocycles. The molecule has 1 aromatic carbocycles. The van der Waals surface area contributed by atoms with E-state index in [2.05, 4.69) is 6.58 Å². The van der Waals surface area contributed by atoms with Crippen LogP contribution in [0.5, 0.6) is 0 Å². The number of carbonyl (C=O) groups is 2. The minimum atomic E-state index is -0.437. The van der Waals surface area contributed by atoms with E-state index >= 15 is 0 Å². The van der Waals surface area contributed by atoms with Gasteiger partial charge in [0, 0.05) is 12.0 Å². The zero-order valence-electron chi connectivity index (χ0n) is 10.2. The Morgan fingerprint density at radius 2 is 1.83 bits per heavy atom. The highest BCUT2D eigenvalue weighted by atomic mass is 19.1. The van der Waals surface area contributed by atoms with Crippen molar-refractivity contribution in [1.29, 1.82) is 0 Å². The van der Waals surface area contributed by atoms with E-state index in [1.165, 1.54) is 24.3 Å². The zero-order valence-corrected chi connectivity index (χ0v) is 10.2. The molecule has 0 N–H and O–H groups in total. The van der Waals surface area contributed by atoms with Gasteiger partial charge < -0.3 is 4.74 Å². The third kappa shape index (κ3) is 4.91. The normalized spacial score (nSPS) is 9.89. The summed E-state index contributed by atoms with van der Waals surface area (Å²) in [6.07, 6.45) is 0.0736. The first kappa shape index (κ1) is 14.1. The first-order valence-electron chi connectivity index (χ1n) is 5.58. The number of ketones is 1. The quantitative estimate of drug-likeness (QED) is 0.443. The Balaban J connectivity index is 2.39. The van der Waals surface area contributed by atoms with Gasteiger partial charge >= 0.3 is 5.97 Å². The van der Waals surface area contributed by atoms with Crippen LogP contribution in [0.25, 0.3) is 0 Å². The summed E-state index contributed by atoms with van der Waals surface area (Å²) in [4.78, 5) is 22.9. The van der Waals surface area contributed by atoms with Gasteiger partial charge in [-0.1, -0.05) is 6.58 Å². The van der Waals surface area contributed by atoms with Crippen molar-refractivity contribution in [2.45, 2.75) is 19.8 Å². The molecule has 0 saturated carbocycles. The van der Waals surface area contributed by atoms with Gasteiger partial charge in [0.05, 0.1) is 6.42 Å². The van der Waals surface area contributed by atoms with Gasteiger partial charge in [0.1, 0.15) is 12.4 Å². The van der Waals surface area contributed by atoms with Gasteiger partial charge in [-0.2, -0.15) is 0 Å². The molecule has 0 fully saturated rings. The number of Topliss-reactive ketones (excluding diaryl/α,β-unsaturated/α-hetero) is 1. The number of benzene rings is 1. The van der Waals surface area contributed by atoms with Crippen molar-refractivity contribution in [3.8, 4) is 0 Å². The van der Waals surface area contributed by atoms with Gasteiger partial charge in [-0.15, -0.1) is 0 Å². The summed E-state index contributed by atoms with van der Waals surface area (Å²) in [5.41, 5.74) is 1.14. The molecule has 0 amide bonds. The summed E-state index contributed by atoms with van der Waals surface area (Å²) < 4.78 is 17.5. The Bertz CT molecular complexity index is 449. The van der Waals surface area contributed by atoms with Crippen molar-refractivity contribution < 1.29 is 18.7 Å². The molecule has 1 aromatic rings. The standard InChI is InChI=1S/C14H15FO3/c1-10(2)9-18-14(17)8-7-13(16)11-3-5-12(15)6-4-11/h3-6H,1,7-9H2,2H3. The summed E-state index contributed by atoms with van der Waals surface area (Å²) in [6.45, 7) is 5.52. The molecule has 0 unspecified atom stereocenters. The maximum atomic E-state index is 12.6. The van der Waals surface area contributed by atoms with E-state index in [1.54, 1.807) is 6.92 Å². The third-order valence-electron chi connectivity index (χ3n) is 2.20. The van der Waals surface area contributed by atoms with Gasteiger partial charge in [-0.25, -0.2) is 4.39 Å². The van der Waals surface area contributed by atoms with Gasteiger partial charge in [0.25, 0.3) is 0 Å². The summed E-state index contributed by atoms with van der Waals surface area (Å²) in [5, 5.41) is 0.